The fourth-order valence-electron chi connectivity index (χ4n) is 2.22. The Kier molecular flexibility index (Phi) is 3.46. The molecule has 0 N–H and O–H groups in total. The maximum Gasteiger partial charge on any atom is 0.205 e. The van der Waals surface area contributed by atoms with Crippen LogP contribution in [-0.4, -0.2) is 25.4 Å². The van der Waals surface area contributed by atoms with Crippen LogP contribution in [-0.2, 0) is 17.3 Å². The van der Waals surface area contributed by atoms with Crippen LogP contribution in [0.1, 0.15) is 17.2 Å². The van der Waals surface area contributed by atoms with Crippen molar-refractivity contribution in [2.24, 2.45) is 0 Å². The number of rotatable bonds is 3. The van der Waals surface area contributed by atoms with Gasteiger partial charge >= 0.3 is 0 Å². The number of thiol groups is 1. The van der Waals surface area contributed by atoms with Crippen molar-refractivity contribution in [3.63, 3.8) is 0 Å². The second-order valence-corrected chi connectivity index (χ2v) is 4.89. The van der Waals surface area contributed by atoms with Crippen LogP contribution in [0.2, 0.25) is 0 Å². The molecule has 0 aliphatic heterocycles. The first kappa shape index (κ1) is 12.1. The summed E-state index contributed by atoms with van der Waals surface area (Å²) in [6.45, 7) is -0.0991. The Labute approximate surface area is 101 Å². The number of terminal acetylenes is 1. The number of nitrogens with zero attached hydrogens (tertiary/aromatic N) is 1. The molecule has 0 unspecified atom stereocenters. The molecule has 2 rings (SSSR count). The second kappa shape index (κ2) is 4.86. The van der Waals surface area contributed by atoms with E-state index in [0.717, 1.165) is 15.4 Å². The van der Waals surface area contributed by atoms with E-state index in [1.165, 1.54) is 0 Å². The zero-order chi connectivity index (χ0) is 12.4. The minimum Gasteiger partial charge on any atom is -0.245 e. The Bertz CT molecular complexity index is 528. The van der Waals surface area contributed by atoms with E-state index in [1.54, 1.807) is 12.1 Å². The minimum atomic E-state index is -2.88. The van der Waals surface area contributed by atoms with Crippen LogP contribution < -0.4 is 0 Å². The maximum atomic E-state index is 13.9. The van der Waals surface area contributed by atoms with Crippen molar-refractivity contribution in [3.05, 3.63) is 35.4 Å². The van der Waals surface area contributed by atoms with Gasteiger partial charge in [-0.3, -0.25) is 0 Å². The molecule has 0 saturated carbocycles. The zero-order valence-corrected chi connectivity index (χ0v) is 9.94. The summed E-state index contributed by atoms with van der Waals surface area (Å²) in [7, 11) is -2.88. The van der Waals surface area contributed by atoms with E-state index in [-0.39, 0.29) is 13.0 Å². The van der Waals surface area contributed by atoms with Gasteiger partial charge in [-0.2, -0.15) is 4.31 Å². The van der Waals surface area contributed by atoms with E-state index in [0.29, 0.717) is 0 Å². The summed E-state index contributed by atoms with van der Waals surface area (Å²) in [6, 6.07) is 6.38. The molecule has 1 aromatic rings. The predicted molar refractivity (Wildman–Crippen MR) is 63.6 cm³/mol. The summed E-state index contributed by atoms with van der Waals surface area (Å²) < 4.78 is 37.2. The average Bonchev–Trinajstić information content (AvgIpc) is 2.62. The van der Waals surface area contributed by atoms with E-state index in [4.69, 9.17) is 6.42 Å². The molecule has 0 radical (unpaired) electrons. The average molecular weight is 253 g/mol. The third-order valence-electron chi connectivity index (χ3n) is 2.92. The molecule has 0 bridgehead atoms. The van der Waals surface area contributed by atoms with Crippen LogP contribution in [0.4, 0.5) is 4.39 Å². The van der Waals surface area contributed by atoms with Crippen molar-refractivity contribution in [2.45, 2.75) is 18.6 Å². The number of benzene rings is 1. The van der Waals surface area contributed by atoms with Crippen LogP contribution in [0.5, 0.6) is 0 Å². The summed E-state index contributed by atoms with van der Waals surface area (Å²) in [5.41, 5.74) is 1.57. The van der Waals surface area contributed by atoms with Gasteiger partial charge in [0, 0.05) is 6.42 Å². The summed E-state index contributed by atoms with van der Waals surface area (Å²) in [5, 5.41) is 0. The summed E-state index contributed by atoms with van der Waals surface area (Å²) in [4.78, 5) is 0. The van der Waals surface area contributed by atoms with Crippen LogP contribution in [0.15, 0.2) is 24.3 Å². The fourth-order valence-corrected chi connectivity index (χ4v) is 2.89. The van der Waals surface area contributed by atoms with Crippen molar-refractivity contribution in [3.8, 4) is 12.3 Å². The highest BCUT2D eigenvalue weighted by Crippen LogP contribution is 2.37. The second-order valence-electron chi connectivity index (χ2n) is 3.90. The quantitative estimate of drug-likeness (QED) is 0.646. The molecule has 0 fully saturated rings. The molecule has 0 saturated heterocycles. The first-order valence-electron chi connectivity index (χ1n) is 5.21. The van der Waals surface area contributed by atoms with Gasteiger partial charge in [-0.05, 0) is 11.1 Å². The van der Waals surface area contributed by atoms with Gasteiger partial charge < -0.3 is 0 Å². The monoisotopic (exact) mass is 253 g/mol. The van der Waals surface area contributed by atoms with Gasteiger partial charge in [0.25, 0.3) is 0 Å². The van der Waals surface area contributed by atoms with Gasteiger partial charge in [0.05, 0.1) is 12.6 Å². The number of hydrogen-bond acceptors (Lipinski definition) is 2. The number of alkyl halides is 1. The van der Waals surface area contributed by atoms with Crippen LogP contribution >= 0.6 is 0 Å². The first-order chi connectivity index (χ1) is 8.15. The van der Waals surface area contributed by atoms with E-state index in [9.17, 15) is 12.8 Å². The van der Waals surface area contributed by atoms with Crippen molar-refractivity contribution < 1.29 is 12.8 Å². The molecule has 1 aliphatic carbocycles. The number of halogens is 1. The number of hydrogen-bond donors (Lipinski definition) is 1. The van der Waals surface area contributed by atoms with Crippen LogP contribution in [0.25, 0.3) is 0 Å². The molecule has 0 aromatic heterocycles. The molecule has 17 heavy (non-hydrogen) atoms. The van der Waals surface area contributed by atoms with Gasteiger partial charge in [0.15, 0.2) is 0 Å². The van der Waals surface area contributed by atoms with E-state index >= 15 is 0 Å². The standard InChI is InChI=1S/C12H12FNO2S/c1-2-7-14(17(15)16)12-10-6-4-3-5-9(10)8-11(12)13/h1,3-6,11-12,17H,7-8H2/t11-,12-/m0/s1. The molecule has 3 nitrogen and oxygen atoms in total. The van der Waals surface area contributed by atoms with Crippen LogP contribution in [0.3, 0.4) is 0 Å². The van der Waals surface area contributed by atoms with Crippen molar-refractivity contribution in [1.82, 2.24) is 4.31 Å². The minimum absolute atomic E-state index is 0.0991. The highest BCUT2D eigenvalue weighted by molar-refractivity contribution is 7.69. The highest BCUT2D eigenvalue weighted by Gasteiger charge is 2.37. The SMILES string of the molecule is C#CCN([C@H]1c2ccccc2C[C@@H]1F)[SH](=O)=O. The smallest absolute Gasteiger partial charge is 0.205 e. The molecule has 0 spiro atoms. The molecule has 0 amide bonds. The fraction of sp³-hybridized carbons (Fsp3) is 0.333. The topological polar surface area (TPSA) is 37.4 Å². The normalized spacial score (nSPS) is 22.7. The van der Waals surface area contributed by atoms with Gasteiger partial charge in [0.1, 0.15) is 6.17 Å². The lowest BCUT2D eigenvalue weighted by Crippen LogP contribution is -2.31. The Balaban J connectivity index is 2.41. The third kappa shape index (κ3) is 2.19. The van der Waals surface area contributed by atoms with Crippen molar-refractivity contribution in [1.29, 1.82) is 0 Å². The highest BCUT2D eigenvalue weighted by atomic mass is 32.2. The Hall–Kier alpha value is -1.38. The zero-order valence-electron chi connectivity index (χ0n) is 9.04. The predicted octanol–water partition coefficient (Wildman–Crippen LogP) is 1.08. The maximum absolute atomic E-state index is 13.9. The molecular weight excluding hydrogens is 241 g/mol. The van der Waals surface area contributed by atoms with Gasteiger partial charge in [-0.15, -0.1) is 6.42 Å². The summed E-state index contributed by atoms with van der Waals surface area (Å²) in [6.07, 6.45) is 4.13. The molecule has 0 heterocycles. The van der Waals surface area contributed by atoms with Gasteiger partial charge in [-0.25, -0.2) is 12.8 Å². The van der Waals surface area contributed by atoms with Crippen molar-refractivity contribution >= 4 is 10.9 Å². The van der Waals surface area contributed by atoms with Gasteiger partial charge in [0.2, 0.25) is 10.9 Å². The summed E-state index contributed by atoms with van der Waals surface area (Å²) >= 11 is 0. The van der Waals surface area contributed by atoms with Crippen LogP contribution in [0, 0.1) is 12.3 Å². The van der Waals surface area contributed by atoms with Gasteiger partial charge in [-0.1, -0.05) is 30.2 Å². The summed E-state index contributed by atoms with van der Waals surface area (Å²) in [5.74, 6) is 2.25. The Morgan fingerprint density at radius 2 is 2.18 bits per heavy atom. The molecule has 2 atom stereocenters. The van der Waals surface area contributed by atoms with E-state index in [2.05, 4.69) is 5.92 Å². The van der Waals surface area contributed by atoms with E-state index in [1.807, 2.05) is 12.1 Å². The third-order valence-corrected chi connectivity index (χ3v) is 3.73. The Morgan fingerprint density at radius 1 is 1.47 bits per heavy atom. The lowest BCUT2D eigenvalue weighted by molar-refractivity contribution is 0.211. The van der Waals surface area contributed by atoms with Crippen molar-refractivity contribution in [2.75, 3.05) is 6.54 Å². The lowest BCUT2D eigenvalue weighted by Gasteiger charge is -2.23. The molecule has 90 valence electrons. The number of fused-ring (bicyclic) bond motifs is 1. The molecule has 5 heteroatoms. The largest absolute Gasteiger partial charge is 0.245 e. The molecule has 1 aliphatic rings. The first-order valence-corrected chi connectivity index (χ1v) is 6.34. The molecular formula is C12H12FNO2S. The molecule has 1 aromatic carbocycles. The Morgan fingerprint density at radius 3 is 2.82 bits per heavy atom. The lowest BCUT2D eigenvalue weighted by atomic mass is 10.1. The van der Waals surface area contributed by atoms with E-state index < -0.39 is 23.1 Å².